The van der Waals surface area contributed by atoms with Crippen molar-refractivity contribution in [2.24, 2.45) is 10.9 Å². The van der Waals surface area contributed by atoms with Gasteiger partial charge in [0.25, 0.3) is 6.43 Å². The highest BCUT2D eigenvalue weighted by Crippen LogP contribution is 2.25. The van der Waals surface area contributed by atoms with E-state index in [1.165, 1.54) is 12.3 Å². The van der Waals surface area contributed by atoms with Gasteiger partial charge in [0.1, 0.15) is 5.02 Å². The molecule has 88 valence electrons. The van der Waals surface area contributed by atoms with E-state index in [-0.39, 0.29) is 22.3 Å². The number of halogens is 3. The Hall–Kier alpha value is -1.63. The van der Waals surface area contributed by atoms with E-state index in [1.807, 2.05) is 0 Å². The maximum atomic E-state index is 11.9. The Labute approximate surface area is 94.5 Å². The first kappa shape index (κ1) is 12.4. The normalized spacial score (nSPS) is 11.9. The molecule has 0 amide bonds. The summed E-state index contributed by atoms with van der Waals surface area (Å²) in [6.45, 7) is -0.827. The zero-order valence-corrected chi connectivity index (χ0v) is 8.66. The summed E-state index contributed by atoms with van der Waals surface area (Å²) in [5.74, 6) is -0.444. The molecule has 1 rings (SSSR count). The lowest BCUT2D eigenvalue weighted by Gasteiger charge is -2.08. The largest absolute Gasteiger partial charge is 0.471 e. The molecule has 0 radical (unpaired) electrons. The first-order valence-electron chi connectivity index (χ1n) is 4.09. The summed E-state index contributed by atoms with van der Waals surface area (Å²) in [6.07, 6.45) is -1.38. The SMILES string of the molecule is N/C(=N/O)c1ccnc(OCC(F)F)c1Cl. The third-order valence-corrected chi connectivity index (χ3v) is 1.95. The van der Waals surface area contributed by atoms with E-state index in [1.54, 1.807) is 0 Å². The van der Waals surface area contributed by atoms with E-state index >= 15 is 0 Å². The predicted octanol–water partition coefficient (Wildman–Crippen LogP) is 1.47. The maximum Gasteiger partial charge on any atom is 0.272 e. The van der Waals surface area contributed by atoms with Gasteiger partial charge in [0.15, 0.2) is 12.4 Å². The molecule has 0 saturated heterocycles. The number of oxime groups is 1. The molecule has 16 heavy (non-hydrogen) atoms. The number of alkyl halides is 2. The van der Waals surface area contributed by atoms with Crippen LogP contribution in [0.25, 0.3) is 0 Å². The van der Waals surface area contributed by atoms with Gasteiger partial charge in [-0.25, -0.2) is 13.8 Å². The Kier molecular flexibility index (Phi) is 4.24. The monoisotopic (exact) mass is 251 g/mol. The van der Waals surface area contributed by atoms with Crippen molar-refractivity contribution in [2.75, 3.05) is 6.61 Å². The predicted molar refractivity (Wildman–Crippen MR) is 53.3 cm³/mol. The van der Waals surface area contributed by atoms with Crippen LogP contribution in [0.3, 0.4) is 0 Å². The van der Waals surface area contributed by atoms with Gasteiger partial charge in [-0.05, 0) is 6.07 Å². The zero-order chi connectivity index (χ0) is 12.1. The van der Waals surface area contributed by atoms with Gasteiger partial charge in [-0.1, -0.05) is 16.8 Å². The van der Waals surface area contributed by atoms with Crippen LogP contribution < -0.4 is 10.5 Å². The van der Waals surface area contributed by atoms with Crippen LogP contribution in [0.15, 0.2) is 17.4 Å². The number of ether oxygens (including phenoxy) is 1. The second-order valence-corrected chi connectivity index (χ2v) is 3.04. The molecule has 5 nitrogen and oxygen atoms in total. The smallest absolute Gasteiger partial charge is 0.272 e. The molecule has 8 heteroatoms. The highest BCUT2D eigenvalue weighted by atomic mass is 35.5. The second-order valence-electron chi connectivity index (χ2n) is 2.66. The van der Waals surface area contributed by atoms with Crippen LogP contribution in [0.5, 0.6) is 5.88 Å². The molecule has 0 unspecified atom stereocenters. The Morgan fingerprint density at radius 1 is 1.69 bits per heavy atom. The first-order chi connectivity index (χ1) is 7.56. The number of nitrogens with two attached hydrogens (primary N) is 1. The Bertz CT molecular complexity index is 401. The van der Waals surface area contributed by atoms with Crippen LogP contribution >= 0.6 is 11.6 Å². The molecule has 0 spiro atoms. The first-order valence-corrected chi connectivity index (χ1v) is 4.47. The zero-order valence-electron chi connectivity index (χ0n) is 7.90. The number of rotatable bonds is 4. The second kappa shape index (κ2) is 5.45. The third-order valence-electron chi connectivity index (χ3n) is 1.59. The molecule has 0 aliphatic carbocycles. The van der Waals surface area contributed by atoms with Crippen molar-refractivity contribution in [3.05, 3.63) is 22.8 Å². The molecule has 0 saturated carbocycles. The van der Waals surface area contributed by atoms with Crippen molar-refractivity contribution < 1.29 is 18.7 Å². The van der Waals surface area contributed by atoms with Gasteiger partial charge >= 0.3 is 0 Å². The molecule has 0 atom stereocenters. The van der Waals surface area contributed by atoms with Crippen LogP contribution in [-0.2, 0) is 0 Å². The lowest BCUT2D eigenvalue weighted by molar-refractivity contribution is 0.0796. The summed E-state index contributed by atoms with van der Waals surface area (Å²) in [5, 5.41) is 11.1. The Balaban J connectivity index is 2.95. The van der Waals surface area contributed by atoms with E-state index < -0.39 is 13.0 Å². The van der Waals surface area contributed by atoms with Crippen LogP contribution in [0.4, 0.5) is 8.78 Å². The molecule has 1 aromatic heterocycles. The fourth-order valence-corrected chi connectivity index (χ4v) is 1.18. The van der Waals surface area contributed by atoms with E-state index in [0.717, 1.165) is 0 Å². The average molecular weight is 252 g/mol. The topological polar surface area (TPSA) is 80.7 Å². The minimum Gasteiger partial charge on any atom is -0.471 e. The molecule has 0 aliphatic heterocycles. The molecule has 0 aromatic carbocycles. The molecule has 1 aromatic rings. The minimum absolute atomic E-state index is 0.0848. The number of nitrogens with zero attached hydrogens (tertiary/aromatic N) is 2. The van der Waals surface area contributed by atoms with Crippen molar-refractivity contribution in [1.29, 1.82) is 0 Å². The number of aromatic nitrogens is 1. The van der Waals surface area contributed by atoms with E-state index in [0.29, 0.717) is 0 Å². The van der Waals surface area contributed by atoms with Gasteiger partial charge < -0.3 is 15.7 Å². The van der Waals surface area contributed by atoms with Gasteiger partial charge in [0.05, 0.1) is 0 Å². The molecule has 0 bridgehead atoms. The molecule has 1 heterocycles. The number of hydrogen-bond donors (Lipinski definition) is 2. The molecule has 0 aliphatic rings. The fraction of sp³-hybridized carbons (Fsp3) is 0.250. The quantitative estimate of drug-likeness (QED) is 0.368. The summed E-state index contributed by atoms with van der Waals surface area (Å²) < 4.78 is 28.4. The molecule has 0 fully saturated rings. The Morgan fingerprint density at radius 3 is 2.94 bits per heavy atom. The summed E-state index contributed by atoms with van der Waals surface area (Å²) in [5.41, 5.74) is 5.46. The van der Waals surface area contributed by atoms with E-state index in [4.69, 9.17) is 22.5 Å². The highest BCUT2D eigenvalue weighted by molar-refractivity contribution is 6.35. The van der Waals surface area contributed by atoms with Crippen LogP contribution in [0.1, 0.15) is 5.56 Å². The van der Waals surface area contributed by atoms with Gasteiger partial charge in [-0.2, -0.15) is 0 Å². The van der Waals surface area contributed by atoms with Crippen LogP contribution in [0, 0.1) is 0 Å². The summed E-state index contributed by atoms with van der Waals surface area (Å²) >= 11 is 5.76. The van der Waals surface area contributed by atoms with E-state index in [9.17, 15) is 8.78 Å². The van der Waals surface area contributed by atoms with Crippen LogP contribution in [0.2, 0.25) is 5.02 Å². The van der Waals surface area contributed by atoms with Gasteiger partial charge in [-0.3, -0.25) is 0 Å². The number of pyridine rings is 1. The van der Waals surface area contributed by atoms with Crippen molar-refractivity contribution in [3.63, 3.8) is 0 Å². The standard InChI is InChI=1S/C8H8ClF2N3O2/c9-6-4(7(12)14-15)1-2-13-8(6)16-3-5(10)11/h1-2,5,15H,3H2,(H2,12,14). The molecular formula is C8H8ClF2N3O2. The molecule has 3 N–H and O–H groups in total. The summed E-state index contributed by atoms with van der Waals surface area (Å²) in [7, 11) is 0. The van der Waals surface area contributed by atoms with Gasteiger partial charge in [0.2, 0.25) is 5.88 Å². The van der Waals surface area contributed by atoms with Crippen molar-refractivity contribution in [1.82, 2.24) is 4.98 Å². The lowest BCUT2D eigenvalue weighted by Crippen LogP contribution is -2.15. The number of hydrogen-bond acceptors (Lipinski definition) is 4. The average Bonchev–Trinajstić information content (AvgIpc) is 2.26. The molecular weight excluding hydrogens is 244 g/mol. The fourth-order valence-electron chi connectivity index (χ4n) is 0.919. The van der Waals surface area contributed by atoms with Gasteiger partial charge in [-0.15, -0.1) is 0 Å². The van der Waals surface area contributed by atoms with E-state index in [2.05, 4.69) is 14.9 Å². The highest BCUT2D eigenvalue weighted by Gasteiger charge is 2.13. The van der Waals surface area contributed by atoms with Crippen molar-refractivity contribution in [2.45, 2.75) is 6.43 Å². The van der Waals surface area contributed by atoms with Crippen LogP contribution in [-0.4, -0.2) is 29.1 Å². The van der Waals surface area contributed by atoms with Crippen molar-refractivity contribution >= 4 is 17.4 Å². The summed E-state index contributed by atoms with van der Waals surface area (Å²) in [6, 6.07) is 1.37. The lowest BCUT2D eigenvalue weighted by atomic mass is 10.2. The summed E-state index contributed by atoms with van der Waals surface area (Å²) in [4.78, 5) is 3.65. The minimum atomic E-state index is -2.63. The Morgan fingerprint density at radius 2 is 2.38 bits per heavy atom. The third kappa shape index (κ3) is 2.93. The number of amidine groups is 1. The van der Waals surface area contributed by atoms with Gasteiger partial charge in [0, 0.05) is 11.8 Å². The van der Waals surface area contributed by atoms with Crippen molar-refractivity contribution in [3.8, 4) is 5.88 Å². The maximum absolute atomic E-state index is 11.9.